The molecular formula is C23H25N7OS. The number of fused-ring (bicyclic) bond motifs is 3. The van der Waals surface area contributed by atoms with E-state index >= 15 is 0 Å². The van der Waals surface area contributed by atoms with Crippen molar-refractivity contribution in [1.82, 2.24) is 29.3 Å². The molecule has 4 aromatic rings. The van der Waals surface area contributed by atoms with Gasteiger partial charge in [0.15, 0.2) is 5.13 Å². The van der Waals surface area contributed by atoms with Gasteiger partial charge in [0.2, 0.25) is 5.88 Å². The highest BCUT2D eigenvalue weighted by Gasteiger charge is 2.29. The quantitative estimate of drug-likeness (QED) is 0.464. The second kappa shape index (κ2) is 7.74. The Labute approximate surface area is 190 Å². The van der Waals surface area contributed by atoms with Crippen LogP contribution in [0.25, 0.3) is 17.1 Å². The molecule has 6 rings (SSSR count). The summed E-state index contributed by atoms with van der Waals surface area (Å²) in [5.41, 5.74) is 6.17. The molecule has 5 heterocycles. The van der Waals surface area contributed by atoms with Gasteiger partial charge in [0, 0.05) is 30.2 Å². The summed E-state index contributed by atoms with van der Waals surface area (Å²) >= 11 is 1.67. The zero-order chi connectivity index (χ0) is 21.7. The number of thiazole rings is 1. The molecule has 8 nitrogen and oxygen atoms in total. The summed E-state index contributed by atoms with van der Waals surface area (Å²) < 4.78 is 9.73. The first-order chi connectivity index (χ1) is 15.7. The van der Waals surface area contributed by atoms with E-state index in [0.29, 0.717) is 5.88 Å². The van der Waals surface area contributed by atoms with Crippen molar-refractivity contribution in [3.63, 3.8) is 0 Å². The van der Waals surface area contributed by atoms with Gasteiger partial charge in [0.1, 0.15) is 17.2 Å². The minimum atomic E-state index is 0.556. The average Bonchev–Trinajstić information content (AvgIpc) is 3.58. The molecule has 32 heavy (non-hydrogen) atoms. The molecule has 0 N–H and O–H groups in total. The molecule has 0 saturated heterocycles. The molecule has 4 aromatic heterocycles. The van der Waals surface area contributed by atoms with Crippen molar-refractivity contribution in [2.24, 2.45) is 0 Å². The van der Waals surface area contributed by atoms with Crippen molar-refractivity contribution in [1.29, 1.82) is 0 Å². The third-order valence-electron chi connectivity index (χ3n) is 6.21. The van der Waals surface area contributed by atoms with E-state index in [-0.39, 0.29) is 0 Å². The van der Waals surface area contributed by atoms with Gasteiger partial charge >= 0.3 is 0 Å². The molecule has 2 aliphatic rings. The minimum Gasteiger partial charge on any atom is -0.479 e. The van der Waals surface area contributed by atoms with Crippen molar-refractivity contribution < 1.29 is 4.74 Å². The number of methoxy groups -OCH3 is 1. The van der Waals surface area contributed by atoms with E-state index in [2.05, 4.69) is 19.9 Å². The Morgan fingerprint density at radius 3 is 2.78 bits per heavy atom. The lowest BCUT2D eigenvalue weighted by Gasteiger charge is -2.21. The predicted molar refractivity (Wildman–Crippen MR) is 124 cm³/mol. The Hall–Kier alpha value is -3.20. The Kier molecular flexibility index (Phi) is 4.71. The lowest BCUT2D eigenvalue weighted by molar-refractivity contribution is 0.396. The molecule has 0 saturated carbocycles. The minimum absolute atomic E-state index is 0.556. The molecular weight excluding hydrogens is 422 g/mol. The molecule has 0 radical (unpaired) electrons. The summed E-state index contributed by atoms with van der Waals surface area (Å²) in [5.74, 6) is 1.81. The van der Waals surface area contributed by atoms with Crippen LogP contribution in [0.4, 0.5) is 10.9 Å². The third kappa shape index (κ3) is 3.19. The van der Waals surface area contributed by atoms with E-state index in [9.17, 15) is 0 Å². The van der Waals surface area contributed by atoms with Gasteiger partial charge in [0.25, 0.3) is 0 Å². The van der Waals surface area contributed by atoms with Crippen molar-refractivity contribution in [3.8, 4) is 23.0 Å². The Bertz CT molecular complexity index is 1290. The zero-order valence-corrected chi connectivity index (χ0v) is 19.1. The van der Waals surface area contributed by atoms with Gasteiger partial charge in [-0.1, -0.05) is 0 Å². The van der Waals surface area contributed by atoms with Crippen LogP contribution in [0.5, 0.6) is 5.88 Å². The number of rotatable bonds is 4. The van der Waals surface area contributed by atoms with E-state index in [1.54, 1.807) is 24.8 Å². The zero-order valence-electron chi connectivity index (χ0n) is 18.3. The summed E-state index contributed by atoms with van der Waals surface area (Å²) in [6.07, 6.45) is 9.44. The number of pyridine rings is 1. The second-order valence-corrected chi connectivity index (χ2v) is 9.18. The van der Waals surface area contributed by atoms with Gasteiger partial charge in [-0.2, -0.15) is 5.10 Å². The van der Waals surface area contributed by atoms with Crippen LogP contribution in [-0.4, -0.2) is 43.0 Å². The molecule has 0 bridgehead atoms. The molecule has 9 heteroatoms. The Morgan fingerprint density at radius 2 is 1.94 bits per heavy atom. The monoisotopic (exact) mass is 447 g/mol. The van der Waals surface area contributed by atoms with Crippen molar-refractivity contribution >= 4 is 22.3 Å². The Balaban J connectivity index is 1.36. The SMILES string of the molecule is COc1nc(-c2csc(N3CCCCn4nc5c(c43)CCC5)n2)ccc1-n1cnc(C)c1. The molecule has 0 spiro atoms. The fourth-order valence-corrected chi connectivity index (χ4v) is 5.54. The van der Waals surface area contributed by atoms with Crippen LogP contribution in [0.3, 0.4) is 0 Å². The van der Waals surface area contributed by atoms with E-state index in [1.165, 1.54) is 23.5 Å². The highest BCUT2D eigenvalue weighted by molar-refractivity contribution is 7.14. The maximum Gasteiger partial charge on any atom is 0.238 e. The summed E-state index contributed by atoms with van der Waals surface area (Å²) in [4.78, 5) is 16.4. The molecule has 0 aromatic carbocycles. The van der Waals surface area contributed by atoms with Gasteiger partial charge in [-0.05, 0) is 51.2 Å². The molecule has 1 aliphatic carbocycles. The fraction of sp³-hybridized carbons (Fsp3) is 0.391. The third-order valence-corrected chi connectivity index (χ3v) is 7.07. The first-order valence-corrected chi connectivity index (χ1v) is 12.0. The largest absolute Gasteiger partial charge is 0.479 e. The number of nitrogens with zero attached hydrogens (tertiary/aromatic N) is 7. The smallest absolute Gasteiger partial charge is 0.238 e. The van der Waals surface area contributed by atoms with Crippen LogP contribution >= 0.6 is 11.3 Å². The summed E-state index contributed by atoms with van der Waals surface area (Å²) in [7, 11) is 1.64. The molecule has 0 amide bonds. The number of imidazole rings is 1. The average molecular weight is 448 g/mol. The molecule has 164 valence electrons. The number of hydrogen-bond donors (Lipinski definition) is 0. The molecule has 0 unspecified atom stereocenters. The Morgan fingerprint density at radius 1 is 1.03 bits per heavy atom. The van der Waals surface area contributed by atoms with Crippen LogP contribution in [0.1, 0.15) is 36.2 Å². The van der Waals surface area contributed by atoms with E-state index < -0.39 is 0 Å². The highest BCUT2D eigenvalue weighted by atomic mass is 32.1. The molecule has 0 fully saturated rings. The summed E-state index contributed by atoms with van der Waals surface area (Å²) in [5, 5.41) is 8.00. The first kappa shape index (κ1) is 19.5. The van der Waals surface area contributed by atoms with Crippen LogP contribution in [-0.2, 0) is 19.4 Å². The lowest BCUT2D eigenvalue weighted by Crippen LogP contribution is -2.20. The normalized spacial score (nSPS) is 15.5. The number of aryl methyl sites for hydroxylation is 3. The van der Waals surface area contributed by atoms with Gasteiger partial charge < -0.3 is 14.2 Å². The maximum atomic E-state index is 5.59. The van der Waals surface area contributed by atoms with Gasteiger partial charge in [0.05, 0.1) is 30.5 Å². The van der Waals surface area contributed by atoms with Gasteiger partial charge in [-0.25, -0.2) is 19.6 Å². The van der Waals surface area contributed by atoms with Gasteiger partial charge in [-0.15, -0.1) is 11.3 Å². The number of anilines is 2. The van der Waals surface area contributed by atoms with Crippen LogP contribution in [0.15, 0.2) is 30.0 Å². The predicted octanol–water partition coefficient (Wildman–Crippen LogP) is 4.32. The highest BCUT2D eigenvalue weighted by Crippen LogP contribution is 2.39. The van der Waals surface area contributed by atoms with Crippen molar-refractivity contribution in [2.45, 2.75) is 45.6 Å². The van der Waals surface area contributed by atoms with E-state index in [4.69, 9.17) is 19.8 Å². The van der Waals surface area contributed by atoms with E-state index in [0.717, 1.165) is 66.7 Å². The second-order valence-electron chi connectivity index (χ2n) is 8.35. The summed E-state index contributed by atoms with van der Waals surface area (Å²) in [6, 6.07) is 4.01. The molecule has 0 atom stereocenters. The topological polar surface area (TPSA) is 73.9 Å². The fourth-order valence-electron chi connectivity index (χ4n) is 4.69. The summed E-state index contributed by atoms with van der Waals surface area (Å²) in [6.45, 7) is 3.93. The number of aromatic nitrogens is 6. The number of ether oxygens (including phenoxy) is 1. The van der Waals surface area contributed by atoms with Crippen molar-refractivity contribution in [2.75, 3.05) is 18.6 Å². The van der Waals surface area contributed by atoms with Gasteiger partial charge in [-0.3, -0.25) is 0 Å². The van der Waals surface area contributed by atoms with Crippen LogP contribution < -0.4 is 9.64 Å². The first-order valence-electron chi connectivity index (χ1n) is 11.1. The van der Waals surface area contributed by atoms with E-state index in [1.807, 2.05) is 29.8 Å². The van der Waals surface area contributed by atoms with Crippen molar-refractivity contribution in [3.05, 3.63) is 47.0 Å². The van der Waals surface area contributed by atoms with Crippen LogP contribution in [0, 0.1) is 6.92 Å². The number of hydrogen-bond acceptors (Lipinski definition) is 7. The lowest BCUT2D eigenvalue weighted by atomic mass is 10.2. The maximum absolute atomic E-state index is 5.59. The molecule has 1 aliphatic heterocycles. The van der Waals surface area contributed by atoms with Crippen LogP contribution in [0.2, 0.25) is 0 Å². The standard InChI is InChI=1S/C23H25N7OS/c1-15-12-28(14-24-15)20-9-8-18(25-21(20)31-2)19-13-32-23(26-19)29-10-3-4-11-30-22(29)16-6-5-7-17(16)27-30/h8-9,12-14H,3-7,10-11H2,1-2H3.